The monoisotopic (exact) mass is 463 g/mol. The van der Waals surface area contributed by atoms with Crippen molar-refractivity contribution < 1.29 is 22.9 Å². The van der Waals surface area contributed by atoms with Crippen LogP contribution in [0.1, 0.15) is 37.7 Å². The molecule has 4 N–H and O–H groups in total. The lowest BCUT2D eigenvalue weighted by molar-refractivity contribution is -0.384. The third-order valence-corrected chi connectivity index (χ3v) is 5.95. The van der Waals surface area contributed by atoms with E-state index in [0.29, 0.717) is 12.4 Å². The maximum Gasteiger partial charge on any atom is 0.293 e. The zero-order valence-corrected chi connectivity index (χ0v) is 18.1. The van der Waals surface area contributed by atoms with E-state index < -0.39 is 20.6 Å². The van der Waals surface area contributed by atoms with Crippen LogP contribution in [0.5, 0.6) is 5.88 Å². The number of ether oxygens (including phenoxy) is 1. The summed E-state index contributed by atoms with van der Waals surface area (Å²) < 4.78 is 28.6. The second-order valence-electron chi connectivity index (χ2n) is 7.46. The third-order valence-electron chi connectivity index (χ3n) is 5.04. The summed E-state index contributed by atoms with van der Waals surface area (Å²) in [5, 5.41) is 21.8. The number of carbonyl (C=O) groups is 1. The lowest BCUT2D eigenvalue weighted by Gasteiger charge is -2.13. The Morgan fingerprint density at radius 2 is 2.00 bits per heavy atom. The van der Waals surface area contributed by atoms with E-state index in [2.05, 4.69) is 15.6 Å². The predicted octanol–water partition coefficient (Wildman–Crippen LogP) is 2.08. The van der Waals surface area contributed by atoms with Crippen LogP contribution in [0.4, 0.5) is 11.4 Å². The molecule has 0 saturated heterocycles. The van der Waals surface area contributed by atoms with Crippen LogP contribution < -0.4 is 20.5 Å². The second-order valence-corrected chi connectivity index (χ2v) is 9.02. The van der Waals surface area contributed by atoms with Crippen LogP contribution in [0.3, 0.4) is 0 Å². The van der Waals surface area contributed by atoms with Gasteiger partial charge in [0.1, 0.15) is 11.8 Å². The van der Waals surface area contributed by atoms with Crippen LogP contribution in [0.2, 0.25) is 0 Å². The summed E-state index contributed by atoms with van der Waals surface area (Å²) >= 11 is 0. The van der Waals surface area contributed by atoms with E-state index in [-0.39, 0.29) is 35.6 Å². The Bertz CT molecular complexity index is 1090. The number of hydrogen-bond acceptors (Lipinski definition) is 8. The number of primary sulfonamides is 1. The van der Waals surface area contributed by atoms with Crippen LogP contribution in [0.25, 0.3) is 0 Å². The molecule has 32 heavy (non-hydrogen) atoms. The molecule has 0 bridgehead atoms. The largest absolute Gasteiger partial charge is 0.474 e. The average Bonchev–Trinajstić information content (AvgIpc) is 3.25. The number of amides is 1. The van der Waals surface area contributed by atoms with Gasteiger partial charge in [-0.2, -0.15) is 0 Å². The van der Waals surface area contributed by atoms with Gasteiger partial charge in [-0.3, -0.25) is 14.9 Å². The fraction of sp³-hybridized carbons (Fsp3) is 0.400. The van der Waals surface area contributed by atoms with Crippen molar-refractivity contribution in [1.82, 2.24) is 10.3 Å². The van der Waals surface area contributed by atoms with Crippen LogP contribution in [-0.4, -0.2) is 36.9 Å². The molecule has 0 unspecified atom stereocenters. The first kappa shape index (κ1) is 23.4. The summed E-state index contributed by atoms with van der Waals surface area (Å²) in [5.74, 6) is 0.289. The summed E-state index contributed by atoms with van der Waals surface area (Å²) in [6.07, 6.45) is 6.27. The Kier molecular flexibility index (Phi) is 7.59. The molecule has 1 aromatic heterocycles. The summed E-state index contributed by atoms with van der Waals surface area (Å²) in [6, 6.07) is 6.88. The van der Waals surface area contributed by atoms with Crippen LogP contribution in [0, 0.1) is 10.1 Å². The van der Waals surface area contributed by atoms with E-state index in [1.807, 2.05) is 0 Å². The lowest BCUT2D eigenvalue weighted by atomic mass is 10.2. The fourth-order valence-corrected chi connectivity index (χ4v) is 3.92. The number of pyridine rings is 1. The number of nitro benzene ring substituents is 1. The highest BCUT2D eigenvalue weighted by molar-refractivity contribution is 7.89. The molecule has 1 heterocycles. The van der Waals surface area contributed by atoms with Crippen molar-refractivity contribution in [2.24, 2.45) is 5.14 Å². The average molecular weight is 464 g/mol. The molecule has 1 aliphatic carbocycles. The van der Waals surface area contributed by atoms with Gasteiger partial charge in [-0.15, -0.1) is 0 Å². The lowest BCUT2D eigenvalue weighted by Crippen LogP contribution is -2.25. The number of anilines is 1. The zero-order chi connectivity index (χ0) is 23.1. The van der Waals surface area contributed by atoms with Crippen molar-refractivity contribution in [2.45, 2.75) is 49.6 Å². The molecule has 0 atom stereocenters. The van der Waals surface area contributed by atoms with Crippen molar-refractivity contribution >= 4 is 27.3 Å². The number of sulfonamides is 1. The molecule has 2 aromatic rings. The molecule has 1 fully saturated rings. The highest BCUT2D eigenvalue weighted by atomic mass is 32.2. The Labute approximate surface area is 185 Å². The van der Waals surface area contributed by atoms with Crippen molar-refractivity contribution in [3.8, 4) is 5.88 Å². The molecule has 0 radical (unpaired) electrons. The number of rotatable bonds is 10. The summed E-state index contributed by atoms with van der Waals surface area (Å²) in [5.41, 5.74) is 0.505. The van der Waals surface area contributed by atoms with Gasteiger partial charge in [-0.05, 0) is 49.4 Å². The molecule has 11 nitrogen and oxygen atoms in total. The van der Waals surface area contributed by atoms with E-state index in [1.54, 1.807) is 18.3 Å². The van der Waals surface area contributed by atoms with E-state index in [0.717, 1.165) is 37.3 Å². The summed E-state index contributed by atoms with van der Waals surface area (Å²) in [6.45, 7) is 0.416. The smallest absolute Gasteiger partial charge is 0.293 e. The normalized spacial score (nSPS) is 14.2. The Morgan fingerprint density at radius 1 is 1.25 bits per heavy atom. The zero-order valence-electron chi connectivity index (χ0n) is 17.3. The molecule has 1 saturated carbocycles. The molecule has 12 heteroatoms. The van der Waals surface area contributed by atoms with Crippen LogP contribution in [-0.2, 0) is 21.4 Å². The minimum atomic E-state index is -4.06. The quantitative estimate of drug-likeness (QED) is 0.355. The van der Waals surface area contributed by atoms with E-state index >= 15 is 0 Å². The predicted molar refractivity (Wildman–Crippen MR) is 117 cm³/mol. The molecule has 1 aliphatic rings. The third kappa shape index (κ3) is 6.62. The van der Waals surface area contributed by atoms with Crippen LogP contribution in [0.15, 0.2) is 41.4 Å². The van der Waals surface area contributed by atoms with Gasteiger partial charge < -0.3 is 15.4 Å². The molecule has 1 amide bonds. The van der Waals surface area contributed by atoms with Crippen molar-refractivity contribution in [3.05, 3.63) is 52.2 Å². The Balaban J connectivity index is 1.49. The first-order valence-corrected chi connectivity index (χ1v) is 11.7. The number of nitrogens with two attached hydrogens (primary N) is 1. The molecule has 3 rings (SSSR count). The van der Waals surface area contributed by atoms with Gasteiger partial charge in [0.15, 0.2) is 0 Å². The number of benzene rings is 1. The van der Waals surface area contributed by atoms with Gasteiger partial charge in [0.2, 0.25) is 21.8 Å². The van der Waals surface area contributed by atoms with Gasteiger partial charge in [-0.25, -0.2) is 18.5 Å². The Morgan fingerprint density at radius 3 is 2.69 bits per heavy atom. The van der Waals surface area contributed by atoms with Gasteiger partial charge >= 0.3 is 0 Å². The van der Waals surface area contributed by atoms with Crippen molar-refractivity contribution in [2.75, 3.05) is 11.9 Å². The summed E-state index contributed by atoms with van der Waals surface area (Å²) in [4.78, 5) is 26.5. The number of carbonyl (C=O) groups excluding carboxylic acids is 1. The topological polar surface area (TPSA) is 167 Å². The fourth-order valence-electron chi connectivity index (χ4n) is 3.39. The molecule has 172 valence electrons. The number of aromatic nitrogens is 1. The second kappa shape index (κ2) is 10.4. The molecular formula is C20H25N5O6S. The molecule has 0 spiro atoms. The highest BCUT2D eigenvalue weighted by Gasteiger charge is 2.19. The van der Waals surface area contributed by atoms with Gasteiger partial charge in [0, 0.05) is 37.8 Å². The molecule has 1 aromatic carbocycles. The van der Waals surface area contributed by atoms with Gasteiger partial charge in [0.25, 0.3) is 5.69 Å². The maximum atomic E-state index is 12.1. The standard InChI is InChI=1S/C20H25N5O6S/c21-32(29,30)16-5-6-17(18(12-16)25(27)28)22-10-8-19(26)24-13-14-7-9-23-20(11-14)31-15-3-1-2-4-15/h5-7,9,11-12,15,22H,1-4,8,10,13H2,(H,24,26)(H2,21,29,30). The minimum Gasteiger partial charge on any atom is -0.474 e. The number of nitro groups is 1. The van der Waals surface area contributed by atoms with E-state index in [4.69, 9.17) is 9.88 Å². The van der Waals surface area contributed by atoms with E-state index in [9.17, 15) is 23.3 Å². The van der Waals surface area contributed by atoms with Crippen molar-refractivity contribution in [3.63, 3.8) is 0 Å². The highest BCUT2D eigenvalue weighted by Crippen LogP contribution is 2.27. The van der Waals surface area contributed by atoms with Gasteiger partial charge in [-0.1, -0.05) is 0 Å². The molecular weight excluding hydrogens is 438 g/mol. The number of nitrogens with zero attached hydrogens (tertiary/aromatic N) is 2. The Hall–Kier alpha value is -3.25. The number of hydrogen-bond donors (Lipinski definition) is 3. The number of nitrogens with one attached hydrogen (secondary N) is 2. The first-order valence-electron chi connectivity index (χ1n) is 10.2. The summed E-state index contributed by atoms with van der Waals surface area (Å²) in [7, 11) is -4.06. The van der Waals surface area contributed by atoms with Gasteiger partial charge in [0.05, 0.1) is 9.82 Å². The SMILES string of the molecule is NS(=O)(=O)c1ccc(NCCC(=O)NCc2ccnc(OC3CCCC3)c2)c([N+](=O)[O-])c1. The maximum absolute atomic E-state index is 12.1. The first-order chi connectivity index (χ1) is 15.2. The van der Waals surface area contributed by atoms with Crippen LogP contribution >= 0.6 is 0 Å². The minimum absolute atomic E-state index is 0.0601. The molecule has 0 aliphatic heterocycles. The van der Waals surface area contributed by atoms with E-state index in [1.165, 1.54) is 12.1 Å². The van der Waals surface area contributed by atoms with Crippen molar-refractivity contribution in [1.29, 1.82) is 0 Å².